The third-order valence-electron chi connectivity index (χ3n) is 5.78. The fraction of sp³-hybridized carbons (Fsp3) is 0.739. The molecule has 1 amide bonds. The quantitative estimate of drug-likeness (QED) is 0.226. The van der Waals surface area contributed by atoms with Crippen molar-refractivity contribution in [1.82, 2.24) is 14.6 Å². The summed E-state index contributed by atoms with van der Waals surface area (Å²) in [6.07, 6.45) is -2.75. The van der Waals surface area contributed by atoms with Crippen molar-refractivity contribution >= 4 is 25.9 Å². The van der Waals surface area contributed by atoms with Gasteiger partial charge in [0.2, 0.25) is 12.1 Å². The molecule has 5 atom stereocenters. The van der Waals surface area contributed by atoms with Crippen LogP contribution in [-0.2, 0) is 28.2 Å². The van der Waals surface area contributed by atoms with Gasteiger partial charge < -0.3 is 24.4 Å². The molecule has 1 aromatic heterocycles. The van der Waals surface area contributed by atoms with Gasteiger partial charge in [-0.3, -0.25) is 18.7 Å². The lowest BCUT2D eigenvalue weighted by Gasteiger charge is -2.21. The lowest BCUT2D eigenvalue weighted by atomic mass is 9.97. The van der Waals surface area contributed by atoms with E-state index in [-0.39, 0.29) is 17.6 Å². The van der Waals surface area contributed by atoms with Crippen LogP contribution in [0.3, 0.4) is 0 Å². The van der Waals surface area contributed by atoms with E-state index in [0.717, 1.165) is 19.0 Å². The molecule has 0 bridgehead atoms. The number of halogens is 2. The molecule has 1 aromatic rings. The first-order valence-electron chi connectivity index (χ1n) is 12.6. The van der Waals surface area contributed by atoms with E-state index in [9.17, 15) is 32.8 Å². The van der Waals surface area contributed by atoms with Crippen LogP contribution in [0.1, 0.15) is 66.5 Å². The van der Waals surface area contributed by atoms with E-state index in [1.807, 2.05) is 13.8 Å². The van der Waals surface area contributed by atoms with Gasteiger partial charge in [0.1, 0.15) is 18.0 Å². The molecule has 0 radical (unpaired) electrons. The zero-order valence-electron chi connectivity index (χ0n) is 22.1. The number of alkyl halides is 2. The SMILES string of the molecule is CCCC(CCC)C(=O)Nc1ccn([C@@H]2OC(CO[PH](=O)N[C@@H](C)C(=O)OC(C)C)C(O)C2(F)F)c(=O)n1. The van der Waals surface area contributed by atoms with Crippen LogP contribution in [0.2, 0.25) is 0 Å². The lowest BCUT2D eigenvalue weighted by Crippen LogP contribution is -2.42. The molecule has 3 unspecified atom stereocenters. The molecule has 1 aliphatic heterocycles. The molecule has 15 heteroatoms. The van der Waals surface area contributed by atoms with E-state index < -0.39 is 62.9 Å². The smallest absolute Gasteiger partial charge is 0.351 e. The van der Waals surface area contributed by atoms with Crippen LogP contribution in [-0.4, -0.2) is 63.4 Å². The number of aliphatic hydroxyl groups excluding tert-OH is 1. The van der Waals surface area contributed by atoms with E-state index in [0.29, 0.717) is 17.4 Å². The molecule has 0 aliphatic carbocycles. The molecule has 3 N–H and O–H groups in total. The van der Waals surface area contributed by atoms with Crippen molar-refractivity contribution in [1.29, 1.82) is 0 Å². The number of carbonyl (C=O) groups is 2. The number of hydrogen-bond donors (Lipinski definition) is 3. The van der Waals surface area contributed by atoms with Crippen LogP contribution in [0.25, 0.3) is 0 Å². The molecular weight excluding hydrogens is 529 g/mol. The highest BCUT2D eigenvalue weighted by Gasteiger charge is 2.59. The van der Waals surface area contributed by atoms with Crippen LogP contribution in [0.5, 0.6) is 0 Å². The molecule has 38 heavy (non-hydrogen) atoms. The Hall–Kier alpha value is -2.25. The number of nitrogens with zero attached hydrogens (tertiary/aromatic N) is 2. The number of esters is 1. The van der Waals surface area contributed by atoms with Crippen LogP contribution < -0.4 is 16.1 Å². The molecule has 0 aromatic carbocycles. The second-order valence-electron chi connectivity index (χ2n) is 9.36. The molecule has 2 rings (SSSR count). The second-order valence-corrected chi connectivity index (χ2v) is 10.5. The fourth-order valence-corrected chi connectivity index (χ4v) is 4.74. The highest BCUT2D eigenvalue weighted by molar-refractivity contribution is 7.36. The van der Waals surface area contributed by atoms with Crippen LogP contribution in [0.4, 0.5) is 14.6 Å². The van der Waals surface area contributed by atoms with Crippen LogP contribution >= 0.6 is 8.18 Å². The first-order valence-corrected chi connectivity index (χ1v) is 13.9. The molecular formula is C23H37F2N4O8P. The summed E-state index contributed by atoms with van der Waals surface area (Å²) in [5, 5.41) is 15.0. The fourth-order valence-electron chi connectivity index (χ4n) is 3.87. The molecule has 0 spiro atoms. The second kappa shape index (κ2) is 14.2. The predicted molar refractivity (Wildman–Crippen MR) is 134 cm³/mol. The normalized spacial score (nSPS) is 22.4. The van der Waals surface area contributed by atoms with Crippen molar-refractivity contribution in [3.63, 3.8) is 0 Å². The highest BCUT2D eigenvalue weighted by atomic mass is 31.1. The molecule has 2 heterocycles. The van der Waals surface area contributed by atoms with Gasteiger partial charge in [-0.25, -0.2) is 9.88 Å². The van der Waals surface area contributed by atoms with E-state index in [1.54, 1.807) is 13.8 Å². The maximum absolute atomic E-state index is 14.8. The van der Waals surface area contributed by atoms with Gasteiger partial charge in [-0.05, 0) is 39.7 Å². The van der Waals surface area contributed by atoms with E-state index >= 15 is 0 Å². The van der Waals surface area contributed by atoms with Gasteiger partial charge in [0.15, 0.2) is 6.10 Å². The summed E-state index contributed by atoms with van der Waals surface area (Å²) in [7, 11) is -3.10. The van der Waals surface area contributed by atoms with Crippen molar-refractivity contribution in [2.45, 2.75) is 96.8 Å². The Kier molecular flexibility index (Phi) is 12.0. The minimum atomic E-state index is -3.92. The summed E-state index contributed by atoms with van der Waals surface area (Å²) in [6.45, 7) is 7.85. The number of nitrogens with one attached hydrogen (secondary N) is 2. The van der Waals surface area contributed by atoms with Gasteiger partial charge in [-0.15, -0.1) is 0 Å². The van der Waals surface area contributed by atoms with Crippen molar-refractivity contribution < 1.29 is 42.0 Å². The molecule has 12 nitrogen and oxygen atoms in total. The van der Waals surface area contributed by atoms with Gasteiger partial charge in [-0.1, -0.05) is 26.7 Å². The molecule has 0 saturated carbocycles. The van der Waals surface area contributed by atoms with E-state index in [4.69, 9.17) is 14.0 Å². The Morgan fingerprint density at radius 2 is 1.89 bits per heavy atom. The van der Waals surface area contributed by atoms with E-state index in [1.165, 1.54) is 13.0 Å². The summed E-state index contributed by atoms with van der Waals surface area (Å²) in [4.78, 5) is 40.5. The third kappa shape index (κ3) is 8.37. The zero-order valence-corrected chi connectivity index (χ0v) is 23.1. The Morgan fingerprint density at radius 3 is 2.45 bits per heavy atom. The maximum Gasteiger partial charge on any atom is 0.351 e. The number of ether oxygens (including phenoxy) is 2. The van der Waals surface area contributed by atoms with Gasteiger partial charge in [0, 0.05) is 12.1 Å². The van der Waals surface area contributed by atoms with Crippen molar-refractivity contribution in [3.05, 3.63) is 22.7 Å². The monoisotopic (exact) mass is 566 g/mol. The van der Waals surface area contributed by atoms with E-state index in [2.05, 4.69) is 15.4 Å². The number of hydrogen-bond acceptors (Lipinski definition) is 9. The Labute approximate surface area is 220 Å². The number of anilines is 1. The summed E-state index contributed by atoms with van der Waals surface area (Å²) in [6, 6.07) is 0.194. The molecule has 216 valence electrons. The van der Waals surface area contributed by atoms with Gasteiger partial charge in [0.25, 0.3) is 8.18 Å². The zero-order chi connectivity index (χ0) is 28.6. The Balaban J connectivity index is 2.05. The minimum Gasteiger partial charge on any atom is -0.462 e. The average Bonchev–Trinajstić information content (AvgIpc) is 3.05. The van der Waals surface area contributed by atoms with Crippen molar-refractivity contribution in [2.24, 2.45) is 5.92 Å². The first kappa shape index (κ1) is 32.0. The number of aliphatic hydroxyl groups is 1. The minimum absolute atomic E-state index is 0.0926. The van der Waals surface area contributed by atoms with Gasteiger partial charge in [-0.2, -0.15) is 13.8 Å². The van der Waals surface area contributed by atoms with Crippen LogP contribution in [0, 0.1) is 5.92 Å². The molecule has 1 aliphatic rings. The number of aromatic nitrogens is 2. The molecule has 1 saturated heterocycles. The summed E-state index contributed by atoms with van der Waals surface area (Å²) < 4.78 is 57.5. The van der Waals surface area contributed by atoms with Crippen LogP contribution in [0.15, 0.2) is 17.1 Å². The standard InChI is InChI=1S/C23H37F2N4O8P/c1-6-8-15(9-7-2)19(31)26-17-10-11-29(22(33)27-17)21-23(24,25)18(30)16(37-21)12-35-38(34)28-14(5)20(32)36-13(3)4/h10-11,13-16,18,21,30,38H,6-9,12H2,1-5H3,(H,28,34)(H,26,27,31,33)/t14-,16?,18?,21+/m0/s1. The summed E-state index contributed by atoms with van der Waals surface area (Å²) in [5.74, 6) is -5.27. The van der Waals surface area contributed by atoms with Gasteiger partial charge >= 0.3 is 17.6 Å². The number of carbonyl (C=O) groups excluding carboxylic acids is 2. The summed E-state index contributed by atoms with van der Waals surface area (Å²) >= 11 is 0. The highest BCUT2D eigenvalue weighted by Crippen LogP contribution is 2.42. The van der Waals surface area contributed by atoms with Gasteiger partial charge in [0.05, 0.1) is 12.7 Å². The first-order chi connectivity index (χ1) is 17.8. The number of amides is 1. The lowest BCUT2D eigenvalue weighted by molar-refractivity contribution is -0.149. The molecule has 1 fully saturated rings. The predicted octanol–water partition coefficient (Wildman–Crippen LogP) is 2.63. The average molecular weight is 567 g/mol. The maximum atomic E-state index is 14.8. The van der Waals surface area contributed by atoms with Crippen molar-refractivity contribution in [3.8, 4) is 0 Å². The topological polar surface area (TPSA) is 158 Å². The Bertz CT molecular complexity index is 1030. The third-order valence-corrected chi connectivity index (χ3v) is 6.87. The summed E-state index contributed by atoms with van der Waals surface area (Å²) in [5.41, 5.74) is -1.13. The largest absolute Gasteiger partial charge is 0.462 e. The van der Waals surface area contributed by atoms with Crippen molar-refractivity contribution in [2.75, 3.05) is 11.9 Å². The number of rotatable bonds is 14. The Morgan fingerprint density at radius 1 is 1.26 bits per heavy atom.